The minimum Gasteiger partial charge on any atom is -0.403 e. The Kier molecular flexibility index (Phi) is 7.85. The van der Waals surface area contributed by atoms with Crippen molar-refractivity contribution in [1.82, 2.24) is 4.90 Å². The zero-order valence-electron chi connectivity index (χ0n) is 10.3. The molecule has 0 rings (SSSR count). The normalized spacial score (nSPS) is 13.9. The molecule has 4 nitrogen and oxygen atoms in total. The first-order valence-corrected chi connectivity index (χ1v) is 5.40. The fourth-order valence-electron chi connectivity index (χ4n) is 1.08. The van der Waals surface area contributed by atoms with Crippen LogP contribution in [0.15, 0.2) is 29.5 Å². The summed E-state index contributed by atoms with van der Waals surface area (Å²) >= 11 is 0. The van der Waals surface area contributed by atoms with Gasteiger partial charge in [0.05, 0.1) is 0 Å². The first-order chi connectivity index (χ1) is 7.61. The molecule has 0 aliphatic heterocycles. The van der Waals surface area contributed by atoms with Crippen LogP contribution in [0.2, 0.25) is 0 Å². The molecule has 0 aliphatic rings. The summed E-state index contributed by atoms with van der Waals surface area (Å²) in [6.07, 6.45) is 9.69. The van der Waals surface area contributed by atoms with Gasteiger partial charge in [0.1, 0.15) is 0 Å². The van der Waals surface area contributed by atoms with E-state index in [1.54, 1.807) is 19.5 Å². The molecule has 0 saturated carbocycles. The van der Waals surface area contributed by atoms with Gasteiger partial charge in [-0.1, -0.05) is 6.08 Å². The van der Waals surface area contributed by atoms with E-state index in [-0.39, 0.29) is 11.9 Å². The Balaban J connectivity index is 3.91. The molecule has 1 amide bonds. The van der Waals surface area contributed by atoms with Crippen molar-refractivity contribution in [2.75, 3.05) is 7.05 Å². The first kappa shape index (κ1) is 14.4. The summed E-state index contributed by atoms with van der Waals surface area (Å²) in [5.74, 6) is 0.0507. The average molecular weight is 223 g/mol. The van der Waals surface area contributed by atoms with Gasteiger partial charge in [0.15, 0.2) is 0 Å². The Morgan fingerprint density at radius 1 is 1.56 bits per heavy atom. The van der Waals surface area contributed by atoms with E-state index in [4.69, 9.17) is 5.73 Å². The minimum absolute atomic E-state index is 0.0507. The number of nitrogens with zero attached hydrogens (tertiary/aromatic N) is 2. The quantitative estimate of drug-likeness (QED) is 0.697. The SMILES string of the molecule is C/C=C\C=NC(C)CCC(=O)N(C)/C=C\N. The van der Waals surface area contributed by atoms with E-state index in [1.807, 2.05) is 26.0 Å². The predicted molar refractivity (Wildman–Crippen MR) is 68.1 cm³/mol. The van der Waals surface area contributed by atoms with Gasteiger partial charge in [-0.3, -0.25) is 9.79 Å². The molecular weight excluding hydrogens is 202 g/mol. The molecule has 0 aliphatic carbocycles. The molecule has 0 spiro atoms. The van der Waals surface area contributed by atoms with Crippen LogP contribution in [0.4, 0.5) is 0 Å². The minimum atomic E-state index is 0.0507. The molecule has 0 radical (unpaired) electrons. The van der Waals surface area contributed by atoms with E-state index < -0.39 is 0 Å². The maximum atomic E-state index is 11.5. The van der Waals surface area contributed by atoms with Gasteiger partial charge in [0.2, 0.25) is 5.91 Å². The number of amides is 1. The van der Waals surface area contributed by atoms with Crippen LogP contribution in [-0.2, 0) is 4.79 Å². The lowest BCUT2D eigenvalue weighted by Crippen LogP contribution is -2.21. The summed E-state index contributed by atoms with van der Waals surface area (Å²) in [5, 5.41) is 0. The molecule has 0 fully saturated rings. The number of nitrogens with two attached hydrogens (primary N) is 1. The molecule has 0 aromatic rings. The number of hydrogen-bond acceptors (Lipinski definition) is 3. The van der Waals surface area contributed by atoms with Gasteiger partial charge >= 0.3 is 0 Å². The van der Waals surface area contributed by atoms with Crippen molar-refractivity contribution < 1.29 is 4.79 Å². The zero-order chi connectivity index (χ0) is 12.4. The first-order valence-electron chi connectivity index (χ1n) is 5.40. The molecule has 0 bridgehead atoms. The van der Waals surface area contributed by atoms with Crippen LogP contribution in [0.3, 0.4) is 0 Å². The molecule has 4 heteroatoms. The summed E-state index contributed by atoms with van der Waals surface area (Å²) in [6, 6.07) is 0.162. The third-order valence-corrected chi connectivity index (χ3v) is 2.10. The molecule has 0 aromatic carbocycles. The second-order valence-corrected chi connectivity index (χ2v) is 3.56. The summed E-state index contributed by atoms with van der Waals surface area (Å²) in [7, 11) is 1.69. The highest BCUT2D eigenvalue weighted by molar-refractivity contribution is 5.77. The Morgan fingerprint density at radius 2 is 2.25 bits per heavy atom. The molecule has 1 atom stereocenters. The predicted octanol–water partition coefficient (Wildman–Crippen LogP) is 1.69. The largest absolute Gasteiger partial charge is 0.403 e. The maximum Gasteiger partial charge on any atom is 0.226 e. The van der Waals surface area contributed by atoms with Gasteiger partial charge in [-0.15, -0.1) is 0 Å². The van der Waals surface area contributed by atoms with E-state index in [2.05, 4.69) is 4.99 Å². The summed E-state index contributed by atoms with van der Waals surface area (Å²) in [5.41, 5.74) is 5.20. The van der Waals surface area contributed by atoms with Crippen LogP contribution in [0.1, 0.15) is 26.7 Å². The van der Waals surface area contributed by atoms with Crippen LogP contribution in [-0.4, -0.2) is 30.1 Å². The van der Waals surface area contributed by atoms with Crippen molar-refractivity contribution in [2.24, 2.45) is 10.7 Å². The molecule has 90 valence electrons. The second kappa shape index (κ2) is 8.71. The van der Waals surface area contributed by atoms with Gasteiger partial charge in [0, 0.05) is 38.1 Å². The molecular formula is C12H21N3O. The summed E-state index contributed by atoms with van der Waals surface area (Å²) in [4.78, 5) is 17.3. The second-order valence-electron chi connectivity index (χ2n) is 3.56. The number of allylic oxidation sites excluding steroid dienone is 2. The Hall–Kier alpha value is -1.58. The number of aliphatic imine (C=N–C) groups is 1. The summed E-state index contributed by atoms with van der Waals surface area (Å²) in [6.45, 7) is 3.93. The third-order valence-electron chi connectivity index (χ3n) is 2.10. The highest BCUT2D eigenvalue weighted by atomic mass is 16.2. The fraction of sp³-hybridized carbons (Fsp3) is 0.500. The zero-order valence-corrected chi connectivity index (χ0v) is 10.3. The highest BCUT2D eigenvalue weighted by Crippen LogP contribution is 2.03. The monoisotopic (exact) mass is 223 g/mol. The molecule has 0 saturated heterocycles. The number of hydrogen-bond donors (Lipinski definition) is 1. The van der Waals surface area contributed by atoms with Crippen molar-refractivity contribution in [3.8, 4) is 0 Å². The van der Waals surface area contributed by atoms with E-state index >= 15 is 0 Å². The van der Waals surface area contributed by atoms with Crippen molar-refractivity contribution in [1.29, 1.82) is 0 Å². The molecule has 0 heterocycles. The van der Waals surface area contributed by atoms with Crippen molar-refractivity contribution >= 4 is 12.1 Å². The van der Waals surface area contributed by atoms with E-state index in [0.717, 1.165) is 6.42 Å². The topological polar surface area (TPSA) is 58.7 Å². The lowest BCUT2D eigenvalue weighted by molar-refractivity contribution is -0.127. The van der Waals surface area contributed by atoms with Gasteiger partial charge in [-0.25, -0.2) is 0 Å². The lowest BCUT2D eigenvalue weighted by atomic mass is 10.2. The van der Waals surface area contributed by atoms with Crippen LogP contribution in [0.5, 0.6) is 0 Å². The number of rotatable bonds is 6. The number of carbonyl (C=O) groups excluding carboxylic acids is 1. The Labute approximate surface area is 97.5 Å². The van der Waals surface area contributed by atoms with E-state index in [0.29, 0.717) is 6.42 Å². The Morgan fingerprint density at radius 3 is 2.81 bits per heavy atom. The Bertz CT molecular complexity index is 282. The van der Waals surface area contributed by atoms with E-state index in [9.17, 15) is 4.79 Å². The fourth-order valence-corrected chi connectivity index (χ4v) is 1.08. The smallest absolute Gasteiger partial charge is 0.226 e. The maximum absolute atomic E-state index is 11.5. The van der Waals surface area contributed by atoms with Gasteiger partial charge < -0.3 is 10.6 Å². The van der Waals surface area contributed by atoms with Gasteiger partial charge in [-0.05, 0) is 26.3 Å². The van der Waals surface area contributed by atoms with Crippen molar-refractivity contribution in [3.05, 3.63) is 24.6 Å². The lowest BCUT2D eigenvalue weighted by Gasteiger charge is -2.12. The third kappa shape index (κ3) is 6.81. The van der Waals surface area contributed by atoms with E-state index in [1.165, 1.54) is 11.1 Å². The average Bonchev–Trinajstić information content (AvgIpc) is 2.26. The van der Waals surface area contributed by atoms with Gasteiger partial charge in [0.25, 0.3) is 0 Å². The van der Waals surface area contributed by atoms with Gasteiger partial charge in [-0.2, -0.15) is 0 Å². The molecule has 0 aromatic heterocycles. The molecule has 1 unspecified atom stereocenters. The van der Waals surface area contributed by atoms with Crippen LogP contribution < -0.4 is 5.73 Å². The highest BCUT2D eigenvalue weighted by Gasteiger charge is 2.07. The standard InChI is InChI=1S/C12H21N3O/c1-4-5-9-14-11(2)6-7-12(16)15(3)10-8-13/h4-5,8-11H,6-7,13H2,1-3H3/b5-4-,10-8-,14-9?. The molecule has 2 N–H and O–H groups in total. The number of carbonyl (C=O) groups is 1. The molecule has 16 heavy (non-hydrogen) atoms. The summed E-state index contributed by atoms with van der Waals surface area (Å²) < 4.78 is 0. The van der Waals surface area contributed by atoms with Crippen LogP contribution >= 0.6 is 0 Å². The van der Waals surface area contributed by atoms with Crippen molar-refractivity contribution in [2.45, 2.75) is 32.7 Å². The van der Waals surface area contributed by atoms with Crippen molar-refractivity contribution in [3.63, 3.8) is 0 Å². The van der Waals surface area contributed by atoms with Crippen LogP contribution in [0, 0.1) is 0 Å². The van der Waals surface area contributed by atoms with Crippen LogP contribution in [0.25, 0.3) is 0 Å².